The summed E-state index contributed by atoms with van der Waals surface area (Å²) in [7, 11) is 0. The van der Waals surface area contributed by atoms with E-state index >= 15 is 0 Å². The van der Waals surface area contributed by atoms with Crippen LogP contribution in [0.2, 0.25) is 0 Å². The van der Waals surface area contributed by atoms with Crippen molar-refractivity contribution < 1.29 is 24.2 Å². The van der Waals surface area contributed by atoms with Crippen molar-refractivity contribution in [1.29, 1.82) is 0 Å². The molecule has 0 heterocycles. The zero-order valence-electron chi connectivity index (χ0n) is 13.1. The Balaban J connectivity index is 1.92. The van der Waals surface area contributed by atoms with Crippen molar-refractivity contribution in [2.75, 3.05) is 0 Å². The number of ether oxygens (including phenoxy) is 1. The largest absolute Gasteiger partial charge is 0.420 e. The van der Waals surface area contributed by atoms with Gasteiger partial charge in [-0.3, -0.25) is 9.59 Å². The topological polar surface area (TPSA) is 80.7 Å². The maximum atomic E-state index is 12.8. The second-order valence-corrected chi connectivity index (χ2v) is 6.11. The summed E-state index contributed by atoms with van der Waals surface area (Å²) in [6.07, 6.45) is 6.40. The van der Waals surface area contributed by atoms with E-state index in [4.69, 9.17) is 4.74 Å². The van der Waals surface area contributed by atoms with Crippen LogP contribution in [0.25, 0.3) is 0 Å². The number of benzene rings is 1. The smallest absolute Gasteiger partial charge is 0.348 e. The number of rotatable bonds is 4. The van der Waals surface area contributed by atoms with Crippen LogP contribution >= 0.6 is 0 Å². The first-order chi connectivity index (χ1) is 11.5. The normalized spacial score (nSPS) is 20.6. The number of ketones is 2. The standard InChI is InChI=1S/C19H18O5/c20-15-10-11-16(21)17(12-15)24-18(22)19(23,14-8-4-5-9-14)13-6-2-1-3-7-13/h1-3,6-7,10-12,14,23H,4-5,8-9H2. The lowest BCUT2D eigenvalue weighted by Crippen LogP contribution is -2.43. The Kier molecular flexibility index (Phi) is 4.44. The molecule has 5 nitrogen and oxygen atoms in total. The van der Waals surface area contributed by atoms with Gasteiger partial charge in [-0.15, -0.1) is 0 Å². The van der Waals surface area contributed by atoms with E-state index in [-0.39, 0.29) is 11.7 Å². The molecule has 2 aliphatic rings. The molecule has 0 radical (unpaired) electrons. The number of carbonyl (C=O) groups is 3. The molecule has 1 N–H and O–H groups in total. The summed E-state index contributed by atoms with van der Waals surface area (Å²) in [5, 5.41) is 11.2. The van der Waals surface area contributed by atoms with Gasteiger partial charge in [0.25, 0.3) is 0 Å². The third kappa shape index (κ3) is 2.95. The van der Waals surface area contributed by atoms with Crippen molar-refractivity contribution in [2.24, 2.45) is 5.92 Å². The fourth-order valence-electron chi connectivity index (χ4n) is 3.30. The van der Waals surface area contributed by atoms with Crippen molar-refractivity contribution in [3.63, 3.8) is 0 Å². The van der Waals surface area contributed by atoms with E-state index in [9.17, 15) is 19.5 Å². The average Bonchev–Trinajstić information content (AvgIpc) is 3.13. The van der Waals surface area contributed by atoms with E-state index in [0.29, 0.717) is 18.4 Å². The van der Waals surface area contributed by atoms with E-state index < -0.39 is 23.1 Å². The van der Waals surface area contributed by atoms with E-state index in [2.05, 4.69) is 0 Å². The lowest BCUT2D eigenvalue weighted by Gasteiger charge is -2.32. The second kappa shape index (κ2) is 6.53. The minimum absolute atomic E-state index is 0.280. The van der Waals surface area contributed by atoms with E-state index in [1.807, 2.05) is 0 Å². The lowest BCUT2D eigenvalue weighted by molar-refractivity contribution is -0.170. The SMILES string of the molecule is O=C1C=CC(=O)C(OC(=O)C(O)(c2ccccc2)C2CCCC2)=C1. The first-order valence-electron chi connectivity index (χ1n) is 8.00. The molecule has 24 heavy (non-hydrogen) atoms. The second-order valence-electron chi connectivity index (χ2n) is 6.11. The third-order valence-electron chi connectivity index (χ3n) is 4.59. The zero-order chi connectivity index (χ0) is 17.2. The molecule has 0 bridgehead atoms. The van der Waals surface area contributed by atoms with Crippen molar-refractivity contribution in [3.05, 3.63) is 59.9 Å². The Morgan fingerprint density at radius 2 is 1.75 bits per heavy atom. The van der Waals surface area contributed by atoms with Crippen LogP contribution in [0.3, 0.4) is 0 Å². The van der Waals surface area contributed by atoms with Gasteiger partial charge in [0, 0.05) is 12.0 Å². The first-order valence-corrected chi connectivity index (χ1v) is 8.00. The van der Waals surface area contributed by atoms with E-state index in [1.165, 1.54) is 0 Å². The number of aliphatic hydroxyl groups is 1. The highest BCUT2D eigenvalue weighted by Gasteiger charge is 2.48. The number of hydrogen-bond acceptors (Lipinski definition) is 5. The molecule has 3 rings (SSSR count). The van der Waals surface area contributed by atoms with Crippen LogP contribution in [0, 0.1) is 5.92 Å². The minimum atomic E-state index is -1.83. The molecule has 2 aliphatic carbocycles. The van der Waals surface area contributed by atoms with Crippen LogP contribution in [0.15, 0.2) is 54.3 Å². The minimum Gasteiger partial charge on any atom is -0.420 e. The summed E-state index contributed by atoms with van der Waals surface area (Å²) in [5.41, 5.74) is -1.39. The predicted molar refractivity (Wildman–Crippen MR) is 85.6 cm³/mol. The summed E-state index contributed by atoms with van der Waals surface area (Å²) >= 11 is 0. The fourth-order valence-corrected chi connectivity index (χ4v) is 3.30. The van der Waals surface area contributed by atoms with Gasteiger partial charge in [0.2, 0.25) is 5.78 Å². The van der Waals surface area contributed by atoms with Gasteiger partial charge in [0.1, 0.15) is 0 Å². The summed E-state index contributed by atoms with van der Waals surface area (Å²) in [5.74, 6) is -2.53. The van der Waals surface area contributed by atoms with Gasteiger partial charge >= 0.3 is 5.97 Å². The Labute approximate surface area is 139 Å². The Bertz CT molecular complexity index is 725. The molecule has 0 amide bonds. The Hall–Kier alpha value is -2.53. The highest BCUT2D eigenvalue weighted by Crippen LogP contribution is 2.41. The van der Waals surface area contributed by atoms with Crippen LogP contribution in [0.5, 0.6) is 0 Å². The highest BCUT2D eigenvalue weighted by molar-refractivity contribution is 6.17. The van der Waals surface area contributed by atoms with Gasteiger partial charge in [-0.1, -0.05) is 43.2 Å². The number of carbonyl (C=O) groups excluding carboxylic acids is 3. The first kappa shape index (κ1) is 16.3. The summed E-state index contributed by atoms with van der Waals surface area (Å²) in [6.45, 7) is 0. The molecule has 0 aliphatic heterocycles. The summed E-state index contributed by atoms with van der Waals surface area (Å²) < 4.78 is 5.16. The maximum absolute atomic E-state index is 12.8. The van der Waals surface area contributed by atoms with Crippen molar-refractivity contribution >= 4 is 17.5 Å². The lowest BCUT2D eigenvalue weighted by atomic mass is 9.80. The molecule has 1 saturated carbocycles. The van der Waals surface area contributed by atoms with Crippen LogP contribution in [-0.2, 0) is 24.7 Å². The number of esters is 1. The number of allylic oxidation sites excluding steroid dienone is 3. The molecule has 0 aromatic heterocycles. The molecule has 0 saturated heterocycles. The molecular weight excluding hydrogens is 308 g/mol. The van der Waals surface area contributed by atoms with Crippen molar-refractivity contribution in [3.8, 4) is 0 Å². The van der Waals surface area contributed by atoms with Crippen LogP contribution in [0.4, 0.5) is 0 Å². The van der Waals surface area contributed by atoms with Gasteiger partial charge in [0.05, 0.1) is 0 Å². The van der Waals surface area contributed by atoms with Crippen LogP contribution in [-0.4, -0.2) is 22.6 Å². The molecule has 1 aromatic rings. The average molecular weight is 326 g/mol. The van der Waals surface area contributed by atoms with Crippen molar-refractivity contribution in [1.82, 2.24) is 0 Å². The zero-order valence-corrected chi connectivity index (χ0v) is 13.1. The molecule has 1 atom stereocenters. The molecular formula is C19H18O5. The molecule has 124 valence electrons. The third-order valence-corrected chi connectivity index (χ3v) is 4.59. The number of hydrogen-bond donors (Lipinski definition) is 1. The summed E-state index contributed by atoms with van der Waals surface area (Å²) in [4.78, 5) is 36.0. The molecule has 1 unspecified atom stereocenters. The maximum Gasteiger partial charge on any atom is 0.348 e. The molecule has 1 aromatic carbocycles. The van der Waals surface area contributed by atoms with Gasteiger partial charge in [0.15, 0.2) is 17.1 Å². The van der Waals surface area contributed by atoms with E-state index in [0.717, 1.165) is 31.1 Å². The van der Waals surface area contributed by atoms with Gasteiger partial charge < -0.3 is 9.84 Å². The monoisotopic (exact) mass is 326 g/mol. The van der Waals surface area contributed by atoms with E-state index in [1.54, 1.807) is 30.3 Å². The molecule has 1 fully saturated rings. The Morgan fingerprint density at radius 3 is 2.42 bits per heavy atom. The Morgan fingerprint density at radius 1 is 1.08 bits per heavy atom. The predicted octanol–water partition coefficient (Wildman–Crippen LogP) is 2.20. The van der Waals surface area contributed by atoms with Crippen molar-refractivity contribution in [2.45, 2.75) is 31.3 Å². The molecule has 5 heteroatoms. The highest BCUT2D eigenvalue weighted by atomic mass is 16.6. The van der Waals surface area contributed by atoms with Crippen LogP contribution in [0.1, 0.15) is 31.2 Å². The van der Waals surface area contributed by atoms with Crippen LogP contribution < -0.4 is 0 Å². The quantitative estimate of drug-likeness (QED) is 0.678. The summed E-state index contributed by atoms with van der Waals surface area (Å²) in [6, 6.07) is 8.60. The van der Waals surface area contributed by atoms with Gasteiger partial charge in [-0.2, -0.15) is 0 Å². The van der Waals surface area contributed by atoms with Gasteiger partial charge in [-0.05, 0) is 30.6 Å². The molecule has 0 spiro atoms. The van der Waals surface area contributed by atoms with Gasteiger partial charge in [-0.25, -0.2) is 4.79 Å². The fraction of sp³-hybridized carbons (Fsp3) is 0.316.